The second-order valence-electron chi connectivity index (χ2n) is 8.82. The number of hydrogen-bond acceptors (Lipinski definition) is 4. The summed E-state index contributed by atoms with van der Waals surface area (Å²) >= 11 is 0. The first-order valence-electron chi connectivity index (χ1n) is 11.6. The first-order valence-corrected chi connectivity index (χ1v) is 11.6. The fourth-order valence-electron chi connectivity index (χ4n) is 3.98. The van der Waals surface area contributed by atoms with Crippen LogP contribution in [0, 0.1) is 0 Å². The summed E-state index contributed by atoms with van der Waals surface area (Å²) in [6.45, 7) is 4.26. The Labute approximate surface area is 207 Å². The number of hydrogen-bond donors (Lipinski definition) is 0. The van der Waals surface area contributed by atoms with Crippen molar-refractivity contribution < 1.29 is 22.7 Å². The number of rotatable bonds is 9. The van der Waals surface area contributed by atoms with Gasteiger partial charge in [-0.15, -0.1) is 18.3 Å². The van der Waals surface area contributed by atoms with Gasteiger partial charge in [0.25, 0.3) is 0 Å². The molecule has 186 valence electrons. The summed E-state index contributed by atoms with van der Waals surface area (Å²) in [6.07, 6.45) is -1.68. The zero-order valence-corrected chi connectivity index (χ0v) is 20.0. The van der Waals surface area contributed by atoms with Crippen molar-refractivity contribution in [2.24, 2.45) is 0 Å². The van der Waals surface area contributed by atoms with Crippen molar-refractivity contribution in [1.82, 2.24) is 14.8 Å². The molecule has 0 saturated carbocycles. The SMILES string of the molecule is CC(C)c1ccccc1CC(=O)CCc1ccc(-c2ncn(-c3ccc(OC(F)(F)F)cc3)n2)cc1. The molecule has 0 aliphatic heterocycles. The van der Waals surface area contributed by atoms with E-state index in [0.29, 0.717) is 36.7 Å². The largest absolute Gasteiger partial charge is 0.573 e. The lowest BCUT2D eigenvalue weighted by molar-refractivity contribution is -0.274. The van der Waals surface area contributed by atoms with Crippen LogP contribution in [0.5, 0.6) is 5.75 Å². The minimum Gasteiger partial charge on any atom is -0.406 e. The monoisotopic (exact) mass is 493 g/mol. The van der Waals surface area contributed by atoms with Crippen molar-refractivity contribution >= 4 is 5.78 Å². The van der Waals surface area contributed by atoms with Gasteiger partial charge >= 0.3 is 6.36 Å². The highest BCUT2D eigenvalue weighted by atomic mass is 19.4. The topological polar surface area (TPSA) is 57.0 Å². The Hall–Kier alpha value is -3.94. The summed E-state index contributed by atoms with van der Waals surface area (Å²) in [5.74, 6) is 0.768. The van der Waals surface area contributed by atoms with Crippen LogP contribution in [0.3, 0.4) is 0 Å². The predicted molar refractivity (Wildman–Crippen MR) is 131 cm³/mol. The number of halogens is 3. The highest BCUT2D eigenvalue weighted by Crippen LogP contribution is 2.24. The molecule has 1 heterocycles. The first kappa shape index (κ1) is 25.2. The van der Waals surface area contributed by atoms with E-state index >= 15 is 0 Å². The number of carbonyl (C=O) groups excluding carboxylic acids is 1. The van der Waals surface area contributed by atoms with Gasteiger partial charge in [-0.25, -0.2) is 9.67 Å². The van der Waals surface area contributed by atoms with E-state index in [2.05, 4.69) is 34.7 Å². The minimum absolute atomic E-state index is 0.208. The number of ether oxygens (including phenoxy) is 1. The Morgan fingerprint density at radius 1 is 0.972 bits per heavy atom. The molecule has 0 radical (unpaired) electrons. The van der Waals surface area contributed by atoms with Gasteiger partial charge in [0.1, 0.15) is 17.9 Å². The third-order valence-electron chi connectivity index (χ3n) is 5.80. The zero-order chi connectivity index (χ0) is 25.7. The average Bonchev–Trinajstić information content (AvgIpc) is 3.33. The Balaban J connectivity index is 1.35. The van der Waals surface area contributed by atoms with E-state index in [1.54, 1.807) is 0 Å². The van der Waals surface area contributed by atoms with Crippen LogP contribution in [0.2, 0.25) is 0 Å². The van der Waals surface area contributed by atoms with E-state index in [4.69, 9.17) is 0 Å². The molecule has 36 heavy (non-hydrogen) atoms. The van der Waals surface area contributed by atoms with Crippen LogP contribution in [0.25, 0.3) is 17.1 Å². The van der Waals surface area contributed by atoms with Gasteiger partial charge in [0.2, 0.25) is 0 Å². The van der Waals surface area contributed by atoms with Crippen LogP contribution in [0.15, 0.2) is 79.1 Å². The van der Waals surface area contributed by atoms with Gasteiger partial charge in [0, 0.05) is 18.4 Å². The Bertz CT molecular complexity index is 1310. The molecular weight excluding hydrogens is 467 g/mol. The van der Waals surface area contributed by atoms with E-state index in [1.807, 2.05) is 42.5 Å². The molecule has 0 N–H and O–H groups in total. The van der Waals surface area contributed by atoms with Crippen LogP contribution in [0.4, 0.5) is 13.2 Å². The maximum absolute atomic E-state index is 12.6. The third-order valence-corrected chi connectivity index (χ3v) is 5.80. The van der Waals surface area contributed by atoms with Crippen molar-refractivity contribution in [3.63, 3.8) is 0 Å². The molecule has 0 unspecified atom stereocenters. The number of carbonyl (C=O) groups is 1. The van der Waals surface area contributed by atoms with Crippen molar-refractivity contribution in [3.8, 4) is 22.8 Å². The normalized spacial score (nSPS) is 11.6. The first-order chi connectivity index (χ1) is 17.2. The van der Waals surface area contributed by atoms with Crippen LogP contribution < -0.4 is 4.74 Å². The lowest BCUT2D eigenvalue weighted by atomic mass is 9.93. The lowest BCUT2D eigenvalue weighted by Crippen LogP contribution is -2.17. The van der Waals surface area contributed by atoms with Gasteiger partial charge in [-0.2, -0.15) is 0 Å². The average molecular weight is 494 g/mol. The number of nitrogens with zero attached hydrogens (tertiary/aromatic N) is 3. The van der Waals surface area contributed by atoms with Gasteiger partial charge in [0.15, 0.2) is 5.82 Å². The van der Waals surface area contributed by atoms with E-state index in [0.717, 1.165) is 16.7 Å². The number of alkyl halides is 3. The number of benzene rings is 3. The molecule has 3 aromatic carbocycles. The molecule has 0 aliphatic carbocycles. The summed E-state index contributed by atoms with van der Waals surface area (Å²) in [4.78, 5) is 16.9. The van der Waals surface area contributed by atoms with Crippen LogP contribution in [-0.2, 0) is 17.6 Å². The summed E-state index contributed by atoms with van der Waals surface area (Å²) in [7, 11) is 0. The fraction of sp³-hybridized carbons (Fsp3) is 0.250. The maximum Gasteiger partial charge on any atom is 0.573 e. The smallest absolute Gasteiger partial charge is 0.406 e. The molecule has 0 bridgehead atoms. The number of Topliss-reactive ketones (excluding diaryl/α,β-unsaturated/α-hetero) is 1. The van der Waals surface area contributed by atoms with Gasteiger partial charge in [-0.1, -0.05) is 62.4 Å². The molecule has 0 saturated heterocycles. The van der Waals surface area contributed by atoms with Gasteiger partial charge < -0.3 is 4.74 Å². The number of ketones is 1. The second-order valence-corrected chi connectivity index (χ2v) is 8.82. The summed E-state index contributed by atoms with van der Waals surface area (Å²) in [6, 6.07) is 21.2. The summed E-state index contributed by atoms with van der Waals surface area (Å²) in [5.41, 5.74) is 4.71. The van der Waals surface area contributed by atoms with E-state index in [1.165, 1.54) is 40.8 Å². The highest BCUT2D eigenvalue weighted by Gasteiger charge is 2.31. The van der Waals surface area contributed by atoms with Crippen molar-refractivity contribution in [1.29, 1.82) is 0 Å². The summed E-state index contributed by atoms with van der Waals surface area (Å²) < 4.78 is 42.4. The maximum atomic E-state index is 12.6. The lowest BCUT2D eigenvalue weighted by Gasteiger charge is -2.12. The molecule has 4 aromatic rings. The molecular formula is C28H26F3N3O2. The van der Waals surface area contributed by atoms with Crippen LogP contribution in [-0.4, -0.2) is 26.9 Å². The minimum atomic E-state index is -4.74. The third kappa shape index (κ3) is 6.59. The molecule has 5 nitrogen and oxygen atoms in total. The van der Waals surface area contributed by atoms with E-state index in [-0.39, 0.29) is 11.5 Å². The molecule has 0 aliphatic rings. The van der Waals surface area contributed by atoms with E-state index in [9.17, 15) is 18.0 Å². The Kier molecular flexibility index (Phi) is 7.52. The molecule has 0 amide bonds. The number of aryl methyl sites for hydroxylation is 1. The van der Waals surface area contributed by atoms with Crippen LogP contribution in [0.1, 0.15) is 42.9 Å². The zero-order valence-electron chi connectivity index (χ0n) is 20.0. The molecule has 0 atom stereocenters. The molecule has 0 spiro atoms. The molecule has 1 aromatic heterocycles. The van der Waals surface area contributed by atoms with Crippen molar-refractivity contribution in [2.75, 3.05) is 0 Å². The van der Waals surface area contributed by atoms with Gasteiger partial charge in [0.05, 0.1) is 5.69 Å². The van der Waals surface area contributed by atoms with Gasteiger partial charge in [-0.3, -0.25) is 4.79 Å². The highest BCUT2D eigenvalue weighted by molar-refractivity contribution is 5.81. The number of aromatic nitrogens is 3. The second kappa shape index (κ2) is 10.8. The standard InChI is InChI=1S/C28H26F3N3O2/c1-19(2)26-6-4-3-5-22(26)17-24(35)14-9-20-7-10-21(11-8-20)27-32-18-34(33-27)23-12-15-25(16-13-23)36-28(29,30)31/h3-8,10-13,15-16,18-19H,9,14,17H2,1-2H3. The quantitative estimate of drug-likeness (QED) is 0.260. The Morgan fingerprint density at radius 3 is 2.33 bits per heavy atom. The van der Waals surface area contributed by atoms with Gasteiger partial charge in [-0.05, 0) is 53.3 Å². The molecule has 8 heteroatoms. The predicted octanol–water partition coefficient (Wildman–Crippen LogP) is 6.70. The van der Waals surface area contributed by atoms with Crippen molar-refractivity contribution in [3.05, 3.63) is 95.8 Å². The Morgan fingerprint density at radius 2 is 1.67 bits per heavy atom. The molecule has 4 rings (SSSR count). The van der Waals surface area contributed by atoms with E-state index < -0.39 is 6.36 Å². The van der Waals surface area contributed by atoms with Crippen molar-refractivity contribution in [2.45, 2.75) is 45.4 Å². The fourth-order valence-corrected chi connectivity index (χ4v) is 3.98. The molecule has 0 fully saturated rings. The van der Waals surface area contributed by atoms with Crippen LogP contribution >= 0.6 is 0 Å². The summed E-state index contributed by atoms with van der Waals surface area (Å²) in [5, 5.41) is 4.42.